The van der Waals surface area contributed by atoms with Gasteiger partial charge in [-0.3, -0.25) is 4.68 Å². The fourth-order valence-electron chi connectivity index (χ4n) is 2.55. The molecule has 0 aromatic carbocycles. The summed E-state index contributed by atoms with van der Waals surface area (Å²) in [6.45, 7) is 2.12. The number of nitriles is 1. The van der Waals surface area contributed by atoms with E-state index in [4.69, 9.17) is 5.26 Å². The summed E-state index contributed by atoms with van der Waals surface area (Å²) >= 11 is 0. The highest BCUT2D eigenvalue weighted by Gasteiger charge is 2.13. The van der Waals surface area contributed by atoms with Gasteiger partial charge in [0.05, 0.1) is 30.9 Å². The zero-order chi connectivity index (χ0) is 14.7. The van der Waals surface area contributed by atoms with Crippen molar-refractivity contribution in [3.8, 4) is 17.2 Å². The standard InChI is InChI=1S/C15H16N6/c1-2-3-12(4-6-16)21-10-11(8-19-21)14-9-18-20-15-13(14)5-7-17-15/h5,7-10,12H,2-4H2,1H3,(H,17,20). The van der Waals surface area contributed by atoms with Crippen molar-refractivity contribution in [2.75, 3.05) is 0 Å². The first-order valence-electron chi connectivity index (χ1n) is 7.03. The van der Waals surface area contributed by atoms with Gasteiger partial charge in [0.25, 0.3) is 0 Å². The van der Waals surface area contributed by atoms with Crippen LogP contribution in [0.4, 0.5) is 0 Å². The van der Waals surface area contributed by atoms with E-state index >= 15 is 0 Å². The summed E-state index contributed by atoms with van der Waals surface area (Å²) < 4.78 is 1.89. The topological polar surface area (TPSA) is 83.2 Å². The normalized spacial score (nSPS) is 12.4. The van der Waals surface area contributed by atoms with Gasteiger partial charge < -0.3 is 4.98 Å². The third kappa shape index (κ3) is 2.50. The molecular weight excluding hydrogens is 264 g/mol. The van der Waals surface area contributed by atoms with E-state index in [1.54, 1.807) is 6.20 Å². The molecule has 0 radical (unpaired) electrons. The summed E-state index contributed by atoms with van der Waals surface area (Å²) in [6.07, 6.45) is 9.86. The highest BCUT2D eigenvalue weighted by Crippen LogP contribution is 2.27. The van der Waals surface area contributed by atoms with Crippen molar-refractivity contribution in [2.24, 2.45) is 0 Å². The average Bonchev–Trinajstić information content (AvgIpc) is 3.15. The van der Waals surface area contributed by atoms with Gasteiger partial charge in [0.2, 0.25) is 0 Å². The summed E-state index contributed by atoms with van der Waals surface area (Å²) in [6, 6.07) is 4.35. The fourth-order valence-corrected chi connectivity index (χ4v) is 2.55. The number of aromatic nitrogens is 5. The number of nitrogens with zero attached hydrogens (tertiary/aromatic N) is 5. The lowest BCUT2D eigenvalue weighted by molar-refractivity contribution is 0.428. The van der Waals surface area contributed by atoms with Crippen LogP contribution in [0.1, 0.15) is 32.2 Å². The van der Waals surface area contributed by atoms with Crippen LogP contribution in [0.5, 0.6) is 0 Å². The SMILES string of the molecule is CCCC(CC#N)n1cc(-c2cnnc3[nH]ccc23)cn1. The number of rotatable bonds is 5. The molecule has 6 heteroatoms. The maximum Gasteiger partial charge on any atom is 0.160 e. The molecule has 6 nitrogen and oxygen atoms in total. The minimum Gasteiger partial charge on any atom is -0.345 e. The molecule has 3 rings (SSSR count). The number of nitrogens with one attached hydrogen (secondary N) is 1. The van der Waals surface area contributed by atoms with Gasteiger partial charge in [-0.25, -0.2) is 0 Å². The first-order chi connectivity index (χ1) is 10.3. The van der Waals surface area contributed by atoms with Gasteiger partial charge in [0.15, 0.2) is 5.65 Å². The van der Waals surface area contributed by atoms with E-state index in [0.717, 1.165) is 35.0 Å². The molecule has 0 bridgehead atoms. The molecule has 0 saturated heterocycles. The van der Waals surface area contributed by atoms with Crippen LogP contribution in [0.2, 0.25) is 0 Å². The van der Waals surface area contributed by atoms with Crippen LogP contribution in [0.15, 0.2) is 30.9 Å². The van der Waals surface area contributed by atoms with E-state index in [1.165, 1.54) is 0 Å². The second kappa shape index (κ2) is 5.75. The fraction of sp³-hybridized carbons (Fsp3) is 0.333. The molecule has 0 saturated carbocycles. The molecule has 0 aliphatic carbocycles. The van der Waals surface area contributed by atoms with Crippen LogP contribution in [0.25, 0.3) is 22.2 Å². The van der Waals surface area contributed by atoms with Gasteiger partial charge in [-0.05, 0) is 12.5 Å². The van der Waals surface area contributed by atoms with Crippen LogP contribution >= 0.6 is 0 Å². The maximum absolute atomic E-state index is 8.95. The molecule has 0 spiro atoms. The Kier molecular flexibility index (Phi) is 3.65. The van der Waals surface area contributed by atoms with Crippen molar-refractivity contribution in [3.63, 3.8) is 0 Å². The van der Waals surface area contributed by atoms with Crippen molar-refractivity contribution in [1.29, 1.82) is 5.26 Å². The number of hydrogen-bond acceptors (Lipinski definition) is 4. The molecule has 0 aliphatic heterocycles. The Labute approximate surface area is 122 Å². The van der Waals surface area contributed by atoms with Gasteiger partial charge in [0.1, 0.15) is 0 Å². The van der Waals surface area contributed by atoms with Crippen LogP contribution in [-0.2, 0) is 0 Å². The van der Waals surface area contributed by atoms with Crippen LogP contribution in [0, 0.1) is 11.3 Å². The Bertz CT molecular complexity index is 779. The Hall–Kier alpha value is -2.68. The molecular formula is C15H16N6. The van der Waals surface area contributed by atoms with Crippen LogP contribution in [0.3, 0.4) is 0 Å². The summed E-state index contributed by atoms with van der Waals surface area (Å²) in [7, 11) is 0. The van der Waals surface area contributed by atoms with Crippen molar-refractivity contribution < 1.29 is 0 Å². The van der Waals surface area contributed by atoms with E-state index in [9.17, 15) is 0 Å². The summed E-state index contributed by atoms with van der Waals surface area (Å²) in [4.78, 5) is 3.06. The molecule has 3 aromatic rings. The van der Waals surface area contributed by atoms with E-state index < -0.39 is 0 Å². The van der Waals surface area contributed by atoms with Gasteiger partial charge in [-0.2, -0.15) is 15.5 Å². The average molecular weight is 280 g/mol. The molecule has 3 heterocycles. The Morgan fingerprint density at radius 3 is 3.14 bits per heavy atom. The Morgan fingerprint density at radius 1 is 1.43 bits per heavy atom. The summed E-state index contributed by atoms with van der Waals surface area (Å²) in [5.41, 5.74) is 2.76. The maximum atomic E-state index is 8.95. The van der Waals surface area contributed by atoms with Crippen molar-refractivity contribution in [3.05, 3.63) is 30.9 Å². The quantitative estimate of drug-likeness (QED) is 0.778. The number of fused-ring (bicyclic) bond motifs is 1. The highest BCUT2D eigenvalue weighted by molar-refractivity contribution is 5.91. The molecule has 0 amide bonds. The number of H-pyrrole nitrogens is 1. The monoisotopic (exact) mass is 280 g/mol. The van der Waals surface area contributed by atoms with E-state index in [2.05, 4.69) is 33.3 Å². The van der Waals surface area contributed by atoms with E-state index in [-0.39, 0.29) is 6.04 Å². The third-order valence-electron chi connectivity index (χ3n) is 3.60. The van der Waals surface area contributed by atoms with Crippen molar-refractivity contribution in [1.82, 2.24) is 25.0 Å². The van der Waals surface area contributed by atoms with Gasteiger partial charge >= 0.3 is 0 Å². The third-order valence-corrected chi connectivity index (χ3v) is 3.60. The first-order valence-corrected chi connectivity index (χ1v) is 7.03. The second-order valence-electron chi connectivity index (χ2n) is 5.01. The predicted molar refractivity (Wildman–Crippen MR) is 79.3 cm³/mol. The van der Waals surface area contributed by atoms with Crippen molar-refractivity contribution >= 4 is 11.0 Å². The lowest BCUT2D eigenvalue weighted by Gasteiger charge is -2.12. The Balaban J connectivity index is 1.98. The highest BCUT2D eigenvalue weighted by atomic mass is 15.3. The smallest absolute Gasteiger partial charge is 0.160 e. The lowest BCUT2D eigenvalue weighted by Crippen LogP contribution is -2.08. The predicted octanol–water partition coefficient (Wildman–Crippen LogP) is 3.08. The van der Waals surface area contributed by atoms with E-state index in [0.29, 0.717) is 6.42 Å². The molecule has 21 heavy (non-hydrogen) atoms. The molecule has 1 N–H and O–H groups in total. The molecule has 106 valence electrons. The second-order valence-corrected chi connectivity index (χ2v) is 5.01. The largest absolute Gasteiger partial charge is 0.345 e. The molecule has 0 aliphatic rings. The summed E-state index contributed by atoms with van der Waals surface area (Å²) in [5, 5.41) is 22.5. The molecule has 3 aromatic heterocycles. The van der Waals surface area contributed by atoms with Gasteiger partial charge in [0, 0.05) is 28.9 Å². The van der Waals surface area contributed by atoms with Crippen molar-refractivity contribution in [2.45, 2.75) is 32.2 Å². The minimum absolute atomic E-state index is 0.130. The lowest BCUT2D eigenvalue weighted by atomic mass is 10.1. The summed E-state index contributed by atoms with van der Waals surface area (Å²) in [5.74, 6) is 0. The molecule has 1 atom stereocenters. The zero-order valence-electron chi connectivity index (χ0n) is 11.8. The van der Waals surface area contributed by atoms with Gasteiger partial charge in [-0.1, -0.05) is 13.3 Å². The Morgan fingerprint density at radius 2 is 2.33 bits per heavy atom. The zero-order valence-corrected chi connectivity index (χ0v) is 11.8. The number of aromatic amines is 1. The van der Waals surface area contributed by atoms with E-state index in [1.807, 2.05) is 29.3 Å². The number of hydrogen-bond donors (Lipinski definition) is 1. The van der Waals surface area contributed by atoms with Crippen LogP contribution < -0.4 is 0 Å². The molecule has 0 fully saturated rings. The minimum atomic E-state index is 0.130. The molecule has 1 unspecified atom stereocenters. The first kappa shape index (κ1) is 13.3. The van der Waals surface area contributed by atoms with Crippen LogP contribution in [-0.4, -0.2) is 25.0 Å². The van der Waals surface area contributed by atoms with Gasteiger partial charge in [-0.15, -0.1) is 5.10 Å².